The van der Waals surface area contributed by atoms with Crippen molar-refractivity contribution >= 4 is 12.0 Å². The average Bonchev–Trinajstić information content (AvgIpc) is 2.47. The van der Waals surface area contributed by atoms with Gasteiger partial charge in [0.25, 0.3) is 5.91 Å². The normalized spacial score (nSPS) is 10.8. The first-order chi connectivity index (χ1) is 9.57. The van der Waals surface area contributed by atoms with Crippen molar-refractivity contribution in [3.63, 3.8) is 0 Å². The standard InChI is InChI=1S/C15H18N2O3/c1-4-17(5-2)15(19)12(10-16)8-11-6-7-13(18)14(9-11)20-3/h6-9,18H,4-5H2,1-3H3. The van der Waals surface area contributed by atoms with E-state index >= 15 is 0 Å². The summed E-state index contributed by atoms with van der Waals surface area (Å²) in [5.41, 5.74) is 0.679. The van der Waals surface area contributed by atoms with Gasteiger partial charge in [0.05, 0.1) is 7.11 Å². The molecular formula is C15H18N2O3. The second-order valence-corrected chi connectivity index (χ2v) is 4.08. The number of ether oxygens (including phenoxy) is 1. The highest BCUT2D eigenvalue weighted by molar-refractivity contribution is 6.01. The number of nitrogens with zero attached hydrogens (tertiary/aromatic N) is 2. The Morgan fingerprint density at radius 3 is 2.60 bits per heavy atom. The molecule has 1 amide bonds. The Kier molecular flexibility index (Phi) is 5.60. The van der Waals surface area contributed by atoms with Crippen molar-refractivity contribution < 1.29 is 14.6 Å². The molecule has 0 atom stereocenters. The maximum Gasteiger partial charge on any atom is 0.264 e. The third-order valence-corrected chi connectivity index (χ3v) is 2.92. The van der Waals surface area contributed by atoms with Crippen molar-refractivity contribution in [2.75, 3.05) is 20.2 Å². The van der Waals surface area contributed by atoms with Gasteiger partial charge < -0.3 is 14.7 Å². The summed E-state index contributed by atoms with van der Waals surface area (Å²) in [6, 6.07) is 6.57. The molecule has 0 saturated carbocycles. The minimum absolute atomic E-state index is 0.0122. The Balaban J connectivity index is 3.12. The van der Waals surface area contributed by atoms with Crippen molar-refractivity contribution in [3.05, 3.63) is 29.3 Å². The van der Waals surface area contributed by atoms with E-state index in [0.717, 1.165) is 0 Å². The maximum atomic E-state index is 12.1. The average molecular weight is 274 g/mol. The van der Waals surface area contributed by atoms with Gasteiger partial charge in [-0.1, -0.05) is 6.07 Å². The number of carbonyl (C=O) groups is 1. The van der Waals surface area contributed by atoms with Gasteiger partial charge in [0.2, 0.25) is 0 Å². The van der Waals surface area contributed by atoms with Gasteiger partial charge in [-0.25, -0.2) is 0 Å². The van der Waals surface area contributed by atoms with Crippen LogP contribution < -0.4 is 4.74 Å². The Morgan fingerprint density at radius 2 is 2.10 bits per heavy atom. The van der Waals surface area contributed by atoms with Crippen LogP contribution in [0.4, 0.5) is 0 Å². The lowest BCUT2D eigenvalue weighted by Gasteiger charge is -2.17. The number of nitriles is 1. The lowest BCUT2D eigenvalue weighted by Crippen LogP contribution is -2.31. The van der Waals surface area contributed by atoms with Gasteiger partial charge in [-0.2, -0.15) is 5.26 Å². The number of hydrogen-bond acceptors (Lipinski definition) is 4. The fourth-order valence-corrected chi connectivity index (χ4v) is 1.77. The molecule has 1 rings (SSSR count). The Morgan fingerprint density at radius 1 is 1.45 bits per heavy atom. The largest absolute Gasteiger partial charge is 0.504 e. The van der Waals surface area contributed by atoms with Gasteiger partial charge in [-0.05, 0) is 37.6 Å². The summed E-state index contributed by atoms with van der Waals surface area (Å²) in [4.78, 5) is 13.7. The van der Waals surface area contributed by atoms with E-state index in [2.05, 4.69) is 0 Å². The molecule has 5 heteroatoms. The van der Waals surface area contributed by atoms with E-state index in [1.807, 2.05) is 19.9 Å². The molecule has 1 aromatic rings. The lowest BCUT2D eigenvalue weighted by atomic mass is 10.1. The monoisotopic (exact) mass is 274 g/mol. The molecule has 1 aromatic carbocycles. The molecular weight excluding hydrogens is 256 g/mol. The number of rotatable bonds is 5. The number of phenols is 1. The summed E-state index contributed by atoms with van der Waals surface area (Å²) in [5, 5.41) is 18.6. The fraction of sp³-hybridized carbons (Fsp3) is 0.333. The van der Waals surface area contributed by atoms with Gasteiger partial charge in [-0.15, -0.1) is 0 Å². The molecule has 0 radical (unpaired) electrons. The SMILES string of the molecule is CCN(CC)C(=O)C(C#N)=Cc1ccc(O)c(OC)c1. The van der Waals surface area contributed by atoms with Crippen LogP contribution in [0.1, 0.15) is 19.4 Å². The van der Waals surface area contributed by atoms with Crippen molar-refractivity contribution in [3.8, 4) is 17.6 Å². The van der Waals surface area contributed by atoms with E-state index in [1.165, 1.54) is 19.3 Å². The van der Waals surface area contributed by atoms with Crippen LogP contribution in [-0.2, 0) is 4.79 Å². The number of hydrogen-bond donors (Lipinski definition) is 1. The Labute approximate surface area is 118 Å². The lowest BCUT2D eigenvalue weighted by molar-refractivity contribution is -0.126. The predicted molar refractivity (Wildman–Crippen MR) is 76.2 cm³/mol. The summed E-state index contributed by atoms with van der Waals surface area (Å²) in [6.07, 6.45) is 1.49. The first-order valence-electron chi connectivity index (χ1n) is 6.35. The van der Waals surface area contributed by atoms with Crippen molar-refractivity contribution in [1.82, 2.24) is 4.90 Å². The zero-order valence-electron chi connectivity index (χ0n) is 11.9. The van der Waals surface area contributed by atoms with Crippen LogP contribution in [0, 0.1) is 11.3 Å². The molecule has 0 aliphatic rings. The first kappa shape index (κ1) is 15.6. The Bertz CT molecular complexity index is 555. The van der Waals surface area contributed by atoms with E-state index < -0.39 is 0 Å². The molecule has 0 spiro atoms. The molecule has 1 N–H and O–H groups in total. The molecule has 106 valence electrons. The minimum atomic E-state index is -0.301. The second-order valence-electron chi connectivity index (χ2n) is 4.08. The van der Waals surface area contributed by atoms with Gasteiger partial charge in [-0.3, -0.25) is 4.79 Å². The topological polar surface area (TPSA) is 73.6 Å². The van der Waals surface area contributed by atoms with Crippen LogP contribution in [0.2, 0.25) is 0 Å². The predicted octanol–water partition coefficient (Wildman–Crippen LogP) is 2.18. The smallest absolute Gasteiger partial charge is 0.264 e. The molecule has 5 nitrogen and oxygen atoms in total. The van der Waals surface area contributed by atoms with E-state index in [0.29, 0.717) is 24.4 Å². The highest BCUT2D eigenvalue weighted by atomic mass is 16.5. The highest BCUT2D eigenvalue weighted by Gasteiger charge is 2.15. The number of methoxy groups -OCH3 is 1. The molecule has 0 bridgehead atoms. The van der Waals surface area contributed by atoms with Crippen LogP contribution in [0.3, 0.4) is 0 Å². The number of carbonyl (C=O) groups excluding carboxylic acids is 1. The van der Waals surface area contributed by atoms with E-state index in [1.54, 1.807) is 17.0 Å². The van der Waals surface area contributed by atoms with Crippen molar-refractivity contribution in [2.24, 2.45) is 0 Å². The van der Waals surface area contributed by atoms with Gasteiger partial charge in [0, 0.05) is 13.1 Å². The molecule has 0 aliphatic heterocycles. The number of amides is 1. The minimum Gasteiger partial charge on any atom is -0.504 e. The summed E-state index contributed by atoms with van der Waals surface area (Å²) in [6.45, 7) is 4.82. The van der Waals surface area contributed by atoms with Crippen LogP contribution in [0.5, 0.6) is 11.5 Å². The molecule has 0 fully saturated rings. The van der Waals surface area contributed by atoms with Crippen molar-refractivity contribution in [2.45, 2.75) is 13.8 Å². The maximum absolute atomic E-state index is 12.1. The van der Waals surface area contributed by atoms with E-state index in [4.69, 9.17) is 10.00 Å². The molecule has 0 aliphatic carbocycles. The summed E-state index contributed by atoms with van der Waals surface area (Å²) >= 11 is 0. The quantitative estimate of drug-likeness (QED) is 0.659. The van der Waals surface area contributed by atoms with Crippen LogP contribution in [0.25, 0.3) is 6.08 Å². The summed E-state index contributed by atoms with van der Waals surface area (Å²) < 4.78 is 4.99. The van der Waals surface area contributed by atoms with Crippen molar-refractivity contribution in [1.29, 1.82) is 5.26 Å². The van der Waals surface area contributed by atoms with Crippen LogP contribution in [-0.4, -0.2) is 36.1 Å². The molecule has 0 unspecified atom stereocenters. The molecule has 0 aromatic heterocycles. The van der Waals surface area contributed by atoms with E-state index in [9.17, 15) is 9.90 Å². The first-order valence-corrected chi connectivity index (χ1v) is 6.35. The summed E-state index contributed by atoms with van der Waals surface area (Å²) in [5.74, 6) is 0.00842. The van der Waals surface area contributed by atoms with E-state index in [-0.39, 0.29) is 17.2 Å². The van der Waals surface area contributed by atoms with Gasteiger partial charge in [0.1, 0.15) is 11.6 Å². The van der Waals surface area contributed by atoms with Crippen LogP contribution >= 0.6 is 0 Å². The number of benzene rings is 1. The van der Waals surface area contributed by atoms with Gasteiger partial charge in [0.15, 0.2) is 11.5 Å². The fourth-order valence-electron chi connectivity index (χ4n) is 1.77. The molecule has 0 saturated heterocycles. The Hall–Kier alpha value is -2.48. The zero-order chi connectivity index (χ0) is 15.1. The number of aromatic hydroxyl groups is 1. The second kappa shape index (κ2) is 7.19. The van der Waals surface area contributed by atoms with Crippen LogP contribution in [0.15, 0.2) is 23.8 Å². The molecule has 20 heavy (non-hydrogen) atoms. The van der Waals surface area contributed by atoms with Gasteiger partial charge >= 0.3 is 0 Å². The zero-order valence-corrected chi connectivity index (χ0v) is 11.9. The number of phenolic OH excluding ortho intramolecular Hbond substituents is 1. The third kappa shape index (κ3) is 3.51. The third-order valence-electron chi connectivity index (χ3n) is 2.92. The number of likely N-dealkylation sites (N-methyl/N-ethyl adjacent to an activating group) is 1. The molecule has 0 heterocycles. The summed E-state index contributed by atoms with van der Waals surface area (Å²) in [7, 11) is 1.44. The highest BCUT2D eigenvalue weighted by Crippen LogP contribution is 2.27.